The second kappa shape index (κ2) is 8.38. The van der Waals surface area contributed by atoms with Gasteiger partial charge in [0.25, 0.3) is 0 Å². The van der Waals surface area contributed by atoms with Crippen molar-refractivity contribution in [3.8, 4) is 5.75 Å². The first kappa shape index (κ1) is 16.2. The van der Waals surface area contributed by atoms with Gasteiger partial charge in [-0.3, -0.25) is 0 Å². The number of likely N-dealkylation sites (N-methyl/N-ethyl adjacent to an activating group) is 1. The minimum absolute atomic E-state index is 0.0777. The summed E-state index contributed by atoms with van der Waals surface area (Å²) in [6.07, 6.45) is -0.342. The minimum Gasteiger partial charge on any atom is -0.495 e. The van der Waals surface area contributed by atoms with E-state index in [9.17, 15) is 0 Å². The molecule has 0 aliphatic carbocycles. The highest BCUT2D eigenvalue weighted by Gasteiger charge is 2.23. The first-order valence-electron chi connectivity index (χ1n) is 6.41. The molecular weight excluding hydrogens is 266 g/mol. The van der Waals surface area contributed by atoms with E-state index in [4.69, 9.17) is 25.8 Å². The molecule has 0 amide bonds. The average molecular weight is 288 g/mol. The van der Waals surface area contributed by atoms with Crippen molar-refractivity contribution in [2.24, 2.45) is 0 Å². The van der Waals surface area contributed by atoms with Gasteiger partial charge in [-0.05, 0) is 38.6 Å². The Balaban J connectivity index is 2.99. The van der Waals surface area contributed by atoms with Crippen molar-refractivity contribution in [2.45, 2.75) is 26.2 Å². The van der Waals surface area contributed by atoms with Gasteiger partial charge < -0.3 is 19.5 Å². The monoisotopic (exact) mass is 287 g/mol. The Morgan fingerprint density at radius 1 is 1.21 bits per heavy atom. The zero-order valence-electron chi connectivity index (χ0n) is 11.9. The van der Waals surface area contributed by atoms with Gasteiger partial charge in [0, 0.05) is 13.2 Å². The number of halogens is 1. The maximum Gasteiger partial charge on any atom is 0.176 e. The maximum atomic E-state index is 6.04. The van der Waals surface area contributed by atoms with Crippen LogP contribution in [0.5, 0.6) is 5.75 Å². The molecule has 4 nitrogen and oxygen atoms in total. The van der Waals surface area contributed by atoms with Crippen molar-refractivity contribution >= 4 is 11.6 Å². The van der Waals surface area contributed by atoms with Crippen LogP contribution >= 0.6 is 11.6 Å². The van der Waals surface area contributed by atoms with E-state index >= 15 is 0 Å². The van der Waals surface area contributed by atoms with Crippen molar-refractivity contribution in [1.29, 1.82) is 0 Å². The van der Waals surface area contributed by atoms with E-state index in [2.05, 4.69) is 5.32 Å². The summed E-state index contributed by atoms with van der Waals surface area (Å²) in [6, 6.07) is 5.58. The van der Waals surface area contributed by atoms with E-state index in [0.717, 1.165) is 5.56 Å². The molecule has 1 unspecified atom stereocenters. The molecule has 5 heteroatoms. The number of rotatable bonds is 8. The van der Waals surface area contributed by atoms with Crippen LogP contribution in [0.4, 0.5) is 0 Å². The van der Waals surface area contributed by atoms with Crippen molar-refractivity contribution in [3.05, 3.63) is 28.8 Å². The molecule has 108 valence electrons. The number of ether oxygens (including phenoxy) is 3. The molecule has 0 aromatic heterocycles. The third-order valence-electron chi connectivity index (χ3n) is 2.78. The van der Waals surface area contributed by atoms with E-state index in [1.54, 1.807) is 7.11 Å². The smallest absolute Gasteiger partial charge is 0.176 e. The fraction of sp³-hybridized carbons (Fsp3) is 0.571. The Kier molecular flexibility index (Phi) is 7.16. The Morgan fingerprint density at radius 2 is 1.84 bits per heavy atom. The zero-order chi connectivity index (χ0) is 14.3. The number of benzene rings is 1. The van der Waals surface area contributed by atoms with Gasteiger partial charge in [-0.25, -0.2) is 0 Å². The highest BCUT2D eigenvalue weighted by molar-refractivity contribution is 6.32. The molecule has 1 atom stereocenters. The summed E-state index contributed by atoms with van der Waals surface area (Å²) in [7, 11) is 3.47. The molecule has 0 aliphatic rings. The van der Waals surface area contributed by atoms with Crippen LogP contribution in [0.2, 0.25) is 5.02 Å². The highest BCUT2D eigenvalue weighted by Crippen LogP contribution is 2.29. The second-order valence-corrected chi connectivity index (χ2v) is 4.35. The summed E-state index contributed by atoms with van der Waals surface area (Å²) in [5.41, 5.74) is 1.01. The van der Waals surface area contributed by atoms with Gasteiger partial charge in [-0.15, -0.1) is 0 Å². The molecule has 0 bridgehead atoms. The third kappa shape index (κ3) is 4.35. The third-order valence-corrected chi connectivity index (χ3v) is 3.09. The van der Waals surface area contributed by atoms with Crippen LogP contribution < -0.4 is 10.1 Å². The molecule has 0 fully saturated rings. The van der Waals surface area contributed by atoms with E-state index in [1.807, 2.05) is 39.1 Å². The van der Waals surface area contributed by atoms with Gasteiger partial charge >= 0.3 is 0 Å². The van der Waals surface area contributed by atoms with Gasteiger partial charge in [0.05, 0.1) is 18.2 Å². The SMILES string of the molecule is CCOC(OCC)C(NC)c1ccc(Cl)c(OC)c1. The van der Waals surface area contributed by atoms with Gasteiger partial charge in [-0.1, -0.05) is 17.7 Å². The minimum atomic E-state index is -0.342. The lowest BCUT2D eigenvalue weighted by molar-refractivity contribution is -0.154. The molecule has 0 saturated carbocycles. The topological polar surface area (TPSA) is 39.7 Å². The Labute approximate surface area is 120 Å². The van der Waals surface area contributed by atoms with Crippen molar-refractivity contribution < 1.29 is 14.2 Å². The zero-order valence-corrected chi connectivity index (χ0v) is 12.7. The summed E-state index contributed by atoms with van der Waals surface area (Å²) in [4.78, 5) is 0. The van der Waals surface area contributed by atoms with Crippen molar-refractivity contribution in [1.82, 2.24) is 5.32 Å². The maximum absolute atomic E-state index is 6.04. The normalized spacial score (nSPS) is 12.7. The van der Waals surface area contributed by atoms with E-state index in [-0.39, 0.29) is 12.3 Å². The second-order valence-electron chi connectivity index (χ2n) is 3.94. The van der Waals surface area contributed by atoms with E-state index in [1.165, 1.54) is 0 Å². The Bertz CT molecular complexity index is 381. The molecule has 0 saturated heterocycles. The van der Waals surface area contributed by atoms with Gasteiger partial charge in [0.1, 0.15) is 5.75 Å². The van der Waals surface area contributed by atoms with Crippen molar-refractivity contribution in [3.63, 3.8) is 0 Å². The predicted octanol–water partition coefficient (Wildman–Crippen LogP) is 3.01. The molecule has 1 N–H and O–H groups in total. The molecule has 0 spiro atoms. The van der Waals surface area contributed by atoms with Crippen LogP contribution in [0.15, 0.2) is 18.2 Å². The van der Waals surface area contributed by atoms with Crippen LogP contribution in [0.3, 0.4) is 0 Å². The number of methoxy groups -OCH3 is 1. The molecule has 1 aromatic carbocycles. The number of nitrogens with one attached hydrogen (secondary N) is 1. The van der Waals surface area contributed by atoms with Crippen molar-refractivity contribution in [2.75, 3.05) is 27.4 Å². The first-order chi connectivity index (χ1) is 9.17. The molecular formula is C14H22ClNO3. The lowest BCUT2D eigenvalue weighted by Gasteiger charge is -2.27. The Morgan fingerprint density at radius 3 is 2.32 bits per heavy atom. The largest absolute Gasteiger partial charge is 0.495 e. The predicted molar refractivity (Wildman–Crippen MR) is 76.8 cm³/mol. The number of hydrogen-bond acceptors (Lipinski definition) is 4. The van der Waals surface area contributed by atoms with Crippen LogP contribution in [-0.2, 0) is 9.47 Å². The molecule has 1 aromatic rings. The van der Waals surface area contributed by atoms with Crippen LogP contribution in [0, 0.1) is 0 Å². The van der Waals surface area contributed by atoms with E-state index < -0.39 is 0 Å². The standard InChI is InChI=1S/C14H22ClNO3/c1-5-18-14(19-6-2)13(16-3)10-7-8-11(15)12(9-10)17-4/h7-9,13-14,16H,5-6H2,1-4H3. The molecule has 1 rings (SSSR count). The summed E-state index contributed by atoms with van der Waals surface area (Å²) < 4.78 is 16.5. The van der Waals surface area contributed by atoms with Crippen LogP contribution in [0.25, 0.3) is 0 Å². The average Bonchev–Trinajstić information content (AvgIpc) is 2.42. The van der Waals surface area contributed by atoms with Gasteiger partial charge in [0.2, 0.25) is 0 Å². The molecule has 0 aliphatic heterocycles. The van der Waals surface area contributed by atoms with Gasteiger partial charge in [0.15, 0.2) is 6.29 Å². The van der Waals surface area contributed by atoms with Crippen LogP contribution in [0.1, 0.15) is 25.5 Å². The fourth-order valence-electron chi connectivity index (χ4n) is 1.90. The summed E-state index contributed by atoms with van der Waals surface area (Å²) in [6.45, 7) is 5.07. The fourth-order valence-corrected chi connectivity index (χ4v) is 2.09. The quantitative estimate of drug-likeness (QED) is 0.746. The lowest BCUT2D eigenvalue weighted by Crippen LogP contribution is -2.34. The lowest BCUT2D eigenvalue weighted by atomic mass is 10.1. The molecule has 0 heterocycles. The molecule has 0 radical (unpaired) electrons. The highest BCUT2D eigenvalue weighted by atomic mass is 35.5. The van der Waals surface area contributed by atoms with E-state index in [0.29, 0.717) is 24.0 Å². The summed E-state index contributed by atoms with van der Waals surface area (Å²) >= 11 is 6.04. The van der Waals surface area contributed by atoms with Crippen LogP contribution in [-0.4, -0.2) is 33.7 Å². The molecule has 19 heavy (non-hydrogen) atoms. The number of hydrogen-bond donors (Lipinski definition) is 1. The van der Waals surface area contributed by atoms with Gasteiger partial charge in [-0.2, -0.15) is 0 Å². The summed E-state index contributed by atoms with van der Waals surface area (Å²) in [5, 5.41) is 3.80. The Hall–Kier alpha value is -0.810. The summed E-state index contributed by atoms with van der Waals surface area (Å²) in [5.74, 6) is 0.645. The first-order valence-corrected chi connectivity index (χ1v) is 6.79.